The van der Waals surface area contributed by atoms with Crippen molar-refractivity contribution in [3.8, 4) is 11.4 Å². The first-order chi connectivity index (χ1) is 8.74. The van der Waals surface area contributed by atoms with E-state index in [-0.39, 0.29) is 0 Å². The fourth-order valence-electron chi connectivity index (χ4n) is 1.92. The Balaban J connectivity index is 2.41. The molecule has 0 radical (unpaired) electrons. The van der Waals surface area contributed by atoms with Crippen LogP contribution in [0, 0.1) is 11.7 Å². The Morgan fingerprint density at radius 1 is 1.00 bits per heavy atom. The third kappa shape index (κ3) is 1.91. The van der Waals surface area contributed by atoms with Crippen LogP contribution in [-0.4, -0.2) is 14.4 Å². The van der Waals surface area contributed by atoms with Gasteiger partial charge in [0.25, 0.3) is 0 Å². The molecule has 0 atom stereocenters. The summed E-state index contributed by atoms with van der Waals surface area (Å²) < 4.78 is 2.35. The van der Waals surface area contributed by atoms with E-state index in [4.69, 9.17) is 12.2 Å². The van der Waals surface area contributed by atoms with E-state index in [1.54, 1.807) is 0 Å². The number of aryl methyl sites for hydroxylation is 1. The highest BCUT2D eigenvalue weighted by atomic mass is 32.1. The highest BCUT2D eigenvalue weighted by Crippen LogP contribution is 2.17. The Hall–Kier alpha value is -2.07. The van der Waals surface area contributed by atoms with Crippen LogP contribution < -0.4 is 0 Å². The number of fused-ring (bicyclic) bond motifs is 1. The SMILES string of the molecule is Cc1ccc2nc(=S)nc(-c3ccccc3)n2c1. The fraction of sp³-hybridized carbons (Fsp3) is 0.0714. The second-order valence-corrected chi connectivity index (χ2v) is 4.50. The Bertz CT molecular complexity index is 763. The summed E-state index contributed by atoms with van der Waals surface area (Å²) in [6.07, 6.45) is 2.02. The lowest BCUT2D eigenvalue weighted by molar-refractivity contribution is 0.994. The molecule has 0 saturated heterocycles. The van der Waals surface area contributed by atoms with Crippen LogP contribution in [-0.2, 0) is 0 Å². The molecule has 0 amide bonds. The Labute approximate surface area is 110 Å². The van der Waals surface area contributed by atoms with E-state index < -0.39 is 0 Å². The molecule has 2 heterocycles. The summed E-state index contributed by atoms with van der Waals surface area (Å²) >= 11 is 5.12. The fourth-order valence-corrected chi connectivity index (χ4v) is 2.10. The largest absolute Gasteiger partial charge is 0.285 e. The molecule has 0 spiro atoms. The third-order valence-corrected chi connectivity index (χ3v) is 2.93. The van der Waals surface area contributed by atoms with Crippen LogP contribution >= 0.6 is 12.2 Å². The summed E-state index contributed by atoms with van der Waals surface area (Å²) in [4.78, 5) is 8.65. The maximum atomic E-state index is 5.12. The molecule has 0 fully saturated rings. The van der Waals surface area contributed by atoms with Crippen molar-refractivity contribution in [2.24, 2.45) is 0 Å². The van der Waals surface area contributed by atoms with Gasteiger partial charge >= 0.3 is 0 Å². The van der Waals surface area contributed by atoms with Crippen molar-refractivity contribution in [1.29, 1.82) is 0 Å². The standard InChI is InChI=1S/C14H11N3S/c1-10-7-8-12-15-14(18)16-13(17(12)9-10)11-5-3-2-4-6-11/h2-9H,1H3. The Morgan fingerprint density at radius 3 is 2.56 bits per heavy atom. The zero-order valence-electron chi connectivity index (χ0n) is 9.87. The molecule has 0 aliphatic heterocycles. The molecule has 3 nitrogen and oxygen atoms in total. The van der Waals surface area contributed by atoms with Gasteiger partial charge < -0.3 is 0 Å². The quantitative estimate of drug-likeness (QED) is 0.622. The van der Waals surface area contributed by atoms with Gasteiger partial charge in [0.15, 0.2) is 0 Å². The van der Waals surface area contributed by atoms with E-state index in [9.17, 15) is 0 Å². The Morgan fingerprint density at radius 2 is 1.78 bits per heavy atom. The highest BCUT2D eigenvalue weighted by molar-refractivity contribution is 7.71. The van der Waals surface area contributed by atoms with E-state index in [0.717, 1.165) is 22.6 Å². The molecular weight excluding hydrogens is 242 g/mol. The van der Waals surface area contributed by atoms with Gasteiger partial charge in [-0.2, -0.15) is 4.98 Å². The van der Waals surface area contributed by atoms with Gasteiger partial charge in [0.05, 0.1) is 0 Å². The summed E-state index contributed by atoms with van der Waals surface area (Å²) in [7, 11) is 0. The van der Waals surface area contributed by atoms with Gasteiger partial charge in [0.1, 0.15) is 11.5 Å². The first-order valence-electron chi connectivity index (χ1n) is 5.66. The van der Waals surface area contributed by atoms with Crippen LogP contribution in [0.4, 0.5) is 0 Å². The van der Waals surface area contributed by atoms with E-state index in [0.29, 0.717) is 4.77 Å². The minimum absolute atomic E-state index is 0.373. The summed E-state index contributed by atoms with van der Waals surface area (Å²) in [5.74, 6) is 0.828. The van der Waals surface area contributed by atoms with E-state index in [2.05, 4.69) is 9.97 Å². The van der Waals surface area contributed by atoms with Gasteiger partial charge in [-0.15, -0.1) is 0 Å². The minimum Gasteiger partial charge on any atom is -0.285 e. The second-order valence-electron chi connectivity index (χ2n) is 4.13. The average Bonchev–Trinajstić information content (AvgIpc) is 2.39. The van der Waals surface area contributed by atoms with Gasteiger partial charge in [0.2, 0.25) is 4.77 Å². The van der Waals surface area contributed by atoms with Crippen LogP contribution in [0.25, 0.3) is 17.0 Å². The van der Waals surface area contributed by atoms with Crippen molar-refractivity contribution in [1.82, 2.24) is 14.4 Å². The number of pyridine rings is 1. The van der Waals surface area contributed by atoms with Crippen LogP contribution in [0.1, 0.15) is 5.56 Å². The van der Waals surface area contributed by atoms with E-state index >= 15 is 0 Å². The smallest absolute Gasteiger partial charge is 0.223 e. The van der Waals surface area contributed by atoms with Gasteiger partial charge in [-0.25, -0.2) is 4.98 Å². The monoisotopic (exact) mass is 253 g/mol. The van der Waals surface area contributed by atoms with Crippen LogP contribution in [0.2, 0.25) is 0 Å². The lowest BCUT2D eigenvalue weighted by Gasteiger charge is -2.08. The van der Waals surface area contributed by atoms with Gasteiger partial charge in [-0.05, 0) is 30.8 Å². The lowest BCUT2D eigenvalue weighted by atomic mass is 10.2. The summed E-state index contributed by atoms with van der Waals surface area (Å²) in [5.41, 5.74) is 3.01. The Kier molecular flexibility index (Phi) is 2.64. The van der Waals surface area contributed by atoms with Crippen molar-refractivity contribution in [3.63, 3.8) is 0 Å². The zero-order chi connectivity index (χ0) is 12.5. The number of rotatable bonds is 1. The molecule has 3 aromatic rings. The van der Waals surface area contributed by atoms with Gasteiger partial charge in [-0.3, -0.25) is 4.40 Å². The van der Waals surface area contributed by atoms with Crippen molar-refractivity contribution >= 4 is 17.9 Å². The van der Waals surface area contributed by atoms with Crippen molar-refractivity contribution in [3.05, 3.63) is 59.0 Å². The van der Waals surface area contributed by atoms with Crippen LogP contribution in [0.5, 0.6) is 0 Å². The molecule has 0 aliphatic carbocycles. The molecule has 0 aliphatic rings. The lowest BCUT2D eigenvalue weighted by Crippen LogP contribution is -2.01. The zero-order valence-corrected chi connectivity index (χ0v) is 10.7. The molecule has 4 heteroatoms. The maximum absolute atomic E-state index is 5.12. The first-order valence-corrected chi connectivity index (χ1v) is 6.07. The molecule has 18 heavy (non-hydrogen) atoms. The second kappa shape index (κ2) is 4.31. The van der Waals surface area contributed by atoms with E-state index in [1.165, 1.54) is 0 Å². The number of hydrogen-bond donors (Lipinski definition) is 0. The summed E-state index contributed by atoms with van der Waals surface area (Å²) in [6.45, 7) is 2.04. The summed E-state index contributed by atoms with van der Waals surface area (Å²) in [6, 6.07) is 14.0. The van der Waals surface area contributed by atoms with E-state index in [1.807, 2.05) is 60.0 Å². The van der Waals surface area contributed by atoms with Crippen LogP contribution in [0.15, 0.2) is 48.7 Å². The number of aromatic nitrogens is 3. The molecule has 0 unspecified atom stereocenters. The third-order valence-electron chi connectivity index (χ3n) is 2.75. The van der Waals surface area contributed by atoms with Crippen molar-refractivity contribution in [2.75, 3.05) is 0 Å². The van der Waals surface area contributed by atoms with Crippen molar-refractivity contribution < 1.29 is 0 Å². The topological polar surface area (TPSA) is 30.2 Å². The molecule has 0 saturated carbocycles. The molecule has 2 aromatic heterocycles. The average molecular weight is 253 g/mol. The molecule has 0 bridgehead atoms. The predicted molar refractivity (Wildman–Crippen MR) is 74.0 cm³/mol. The maximum Gasteiger partial charge on any atom is 0.223 e. The number of hydrogen-bond acceptors (Lipinski definition) is 3. The normalized spacial score (nSPS) is 10.7. The van der Waals surface area contributed by atoms with Crippen molar-refractivity contribution in [2.45, 2.75) is 6.92 Å². The van der Waals surface area contributed by atoms with Gasteiger partial charge in [-0.1, -0.05) is 36.4 Å². The molecular formula is C14H11N3S. The van der Waals surface area contributed by atoms with Gasteiger partial charge in [0, 0.05) is 11.8 Å². The minimum atomic E-state index is 0.373. The first kappa shape index (κ1) is 11.0. The number of benzene rings is 1. The summed E-state index contributed by atoms with van der Waals surface area (Å²) in [5, 5.41) is 0. The molecule has 88 valence electrons. The number of nitrogens with zero attached hydrogens (tertiary/aromatic N) is 3. The molecule has 1 aromatic carbocycles. The molecule has 3 rings (SSSR count). The highest BCUT2D eigenvalue weighted by Gasteiger charge is 2.05. The molecule has 0 N–H and O–H groups in total. The predicted octanol–water partition coefficient (Wildman–Crippen LogP) is 3.43. The van der Waals surface area contributed by atoms with Crippen LogP contribution in [0.3, 0.4) is 0 Å².